The molecule has 0 unspecified atom stereocenters. The van der Waals surface area contributed by atoms with Crippen molar-refractivity contribution >= 4 is 52.2 Å². The van der Waals surface area contributed by atoms with E-state index in [-0.39, 0.29) is 23.7 Å². The molecule has 1 saturated heterocycles. The molecule has 3 aromatic rings. The molecule has 2 aliphatic heterocycles. The Hall–Kier alpha value is -3.24. The van der Waals surface area contributed by atoms with Crippen LogP contribution in [-0.4, -0.2) is 73.4 Å². The van der Waals surface area contributed by atoms with Crippen LogP contribution in [0.15, 0.2) is 47.5 Å². The molecular weight excluding hydrogens is 502 g/mol. The number of amides is 3. The van der Waals surface area contributed by atoms with E-state index in [0.717, 1.165) is 21.4 Å². The smallest absolute Gasteiger partial charge is 0.405 e. The number of halogens is 1. The van der Waals surface area contributed by atoms with Crippen molar-refractivity contribution in [2.75, 3.05) is 18.8 Å². The van der Waals surface area contributed by atoms with Crippen molar-refractivity contribution < 1.29 is 19.5 Å². The van der Waals surface area contributed by atoms with Crippen molar-refractivity contribution in [2.45, 2.75) is 43.3 Å². The van der Waals surface area contributed by atoms with Gasteiger partial charge in [0.25, 0.3) is 0 Å². The molecule has 188 valence electrons. The number of thioether (sulfide) groups is 1. The van der Waals surface area contributed by atoms with Crippen LogP contribution in [0.4, 0.5) is 9.59 Å². The van der Waals surface area contributed by atoms with Gasteiger partial charge in [-0.3, -0.25) is 9.36 Å². The number of benzene rings is 2. The maximum atomic E-state index is 13.3. The Balaban J connectivity index is 1.20. The monoisotopic (exact) mass is 527 g/mol. The molecule has 1 atom stereocenters. The number of hydrogen-bond acceptors (Lipinski definition) is 5. The van der Waals surface area contributed by atoms with Gasteiger partial charge in [0.05, 0.1) is 18.4 Å². The summed E-state index contributed by atoms with van der Waals surface area (Å²) in [6.07, 6.45) is 1.80. The van der Waals surface area contributed by atoms with Gasteiger partial charge in [0.15, 0.2) is 0 Å². The van der Waals surface area contributed by atoms with Crippen LogP contribution < -0.4 is 5.32 Å². The summed E-state index contributed by atoms with van der Waals surface area (Å²) in [7, 11) is 0. The molecule has 5 rings (SSSR count). The van der Waals surface area contributed by atoms with Crippen LogP contribution in [0.5, 0.6) is 0 Å². The van der Waals surface area contributed by atoms with Gasteiger partial charge in [-0.05, 0) is 54.8 Å². The molecule has 1 aromatic heterocycles. The molecule has 0 saturated carbocycles. The van der Waals surface area contributed by atoms with Crippen LogP contribution in [0.25, 0.3) is 10.8 Å². The minimum atomic E-state index is -1.23. The largest absolute Gasteiger partial charge is 0.465 e. The lowest BCUT2D eigenvalue weighted by Crippen LogP contribution is -2.54. The van der Waals surface area contributed by atoms with Gasteiger partial charge in [-0.25, -0.2) is 14.6 Å². The molecule has 1 fully saturated rings. The number of carboxylic acid groups (broad SMARTS) is 1. The highest BCUT2D eigenvalue weighted by Crippen LogP contribution is 2.28. The Bertz CT molecular complexity index is 1340. The second-order valence-electron chi connectivity index (χ2n) is 9.07. The van der Waals surface area contributed by atoms with Crippen LogP contribution in [0.3, 0.4) is 0 Å². The fourth-order valence-electron chi connectivity index (χ4n) is 4.93. The summed E-state index contributed by atoms with van der Waals surface area (Å²) in [6, 6.07) is 10.7. The third-order valence-corrected chi connectivity index (χ3v) is 8.11. The van der Waals surface area contributed by atoms with E-state index in [0.29, 0.717) is 43.3 Å². The van der Waals surface area contributed by atoms with Crippen LogP contribution in [0.1, 0.15) is 24.4 Å². The number of aryl methyl sites for hydroxylation is 1. The Morgan fingerprint density at radius 2 is 1.92 bits per heavy atom. The second kappa shape index (κ2) is 10.0. The first-order valence-corrected chi connectivity index (χ1v) is 13.1. The predicted octanol–water partition coefficient (Wildman–Crippen LogP) is 4.20. The summed E-state index contributed by atoms with van der Waals surface area (Å²) < 4.78 is 1.64. The first-order chi connectivity index (χ1) is 17.3. The van der Waals surface area contributed by atoms with E-state index in [1.807, 2.05) is 48.2 Å². The highest BCUT2D eigenvalue weighted by Gasteiger charge is 2.37. The van der Waals surface area contributed by atoms with Gasteiger partial charge in [0.2, 0.25) is 5.91 Å². The summed E-state index contributed by atoms with van der Waals surface area (Å²) >= 11 is 7.49. The molecule has 0 bridgehead atoms. The van der Waals surface area contributed by atoms with Gasteiger partial charge in [0, 0.05) is 34.8 Å². The number of hydrogen-bond donors (Lipinski definition) is 2. The lowest BCUT2D eigenvalue weighted by Gasteiger charge is -2.37. The standard InChI is InChI=1S/C25H26ClN5O4S/c1-15-27-12-20-13-30(25(35)31(15)20)19-6-8-29(9-7-19)23(32)22(28-24(33)34)14-36-21-5-3-16-10-18(26)4-2-17(16)11-21/h2-5,10-12,19,22,28H,6-9,13-14H2,1H3,(H,33,34)/t22-/m1/s1. The minimum Gasteiger partial charge on any atom is -0.465 e. The zero-order valence-electron chi connectivity index (χ0n) is 19.7. The third-order valence-electron chi connectivity index (χ3n) is 6.78. The maximum absolute atomic E-state index is 13.3. The fourth-order valence-corrected chi connectivity index (χ4v) is 6.07. The molecule has 2 aliphatic rings. The molecule has 36 heavy (non-hydrogen) atoms. The van der Waals surface area contributed by atoms with Crippen LogP contribution in [0.2, 0.25) is 5.02 Å². The molecule has 3 heterocycles. The number of piperidine rings is 1. The lowest BCUT2D eigenvalue weighted by molar-refractivity contribution is -0.134. The molecular formula is C25H26ClN5O4S. The number of imidazole rings is 1. The highest BCUT2D eigenvalue weighted by atomic mass is 35.5. The predicted molar refractivity (Wildman–Crippen MR) is 138 cm³/mol. The van der Waals surface area contributed by atoms with E-state index in [1.54, 1.807) is 15.7 Å². The second-order valence-corrected chi connectivity index (χ2v) is 10.6. The van der Waals surface area contributed by atoms with Gasteiger partial charge < -0.3 is 20.2 Å². The van der Waals surface area contributed by atoms with E-state index >= 15 is 0 Å². The van der Waals surface area contributed by atoms with Crippen molar-refractivity contribution in [3.8, 4) is 0 Å². The number of rotatable bonds is 6. The number of nitrogens with zero attached hydrogens (tertiary/aromatic N) is 4. The normalized spacial score (nSPS) is 16.9. The van der Waals surface area contributed by atoms with Gasteiger partial charge in [0.1, 0.15) is 11.9 Å². The molecule has 0 spiro atoms. The van der Waals surface area contributed by atoms with Gasteiger partial charge >= 0.3 is 12.1 Å². The lowest BCUT2D eigenvalue weighted by atomic mass is 10.0. The number of likely N-dealkylation sites (tertiary alicyclic amines) is 1. The van der Waals surface area contributed by atoms with Gasteiger partial charge in [-0.1, -0.05) is 23.7 Å². The molecule has 0 aliphatic carbocycles. The van der Waals surface area contributed by atoms with Crippen molar-refractivity contribution in [3.63, 3.8) is 0 Å². The maximum Gasteiger partial charge on any atom is 0.405 e. The number of aromatic nitrogens is 2. The van der Waals surface area contributed by atoms with E-state index in [4.69, 9.17) is 11.6 Å². The SMILES string of the molecule is Cc1ncc2n1C(=O)N(C1CCN(C(=O)[C@@H](CSc3ccc4cc(Cl)ccc4c3)NC(=O)O)CC1)C2. The third kappa shape index (κ3) is 4.87. The fraction of sp³-hybridized carbons (Fsp3) is 0.360. The van der Waals surface area contributed by atoms with E-state index in [1.165, 1.54) is 11.8 Å². The van der Waals surface area contributed by atoms with E-state index in [9.17, 15) is 19.5 Å². The number of nitrogens with one attached hydrogen (secondary N) is 1. The molecule has 0 radical (unpaired) electrons. The summed E-state index contributed by atoms with van der Waals surface area (Å²) in [5.74, 6) is 0.714. The summed E-state index contributed by atoms with van der Waals surface area (Å²) in [5, 5.41) is 14.4. The summed E-state index contributed by atoms with van der Waals surface area (Å²) in [6.45, 7) is 3.28. The van der Waals surface area contributed by atoms with Crippen molar-refractivity contribution in [2.24, 2.45) is 0 Å². The molecule has 3 amide bonds. The van der Waals surface area contributed by atoms with E-state index in [2.05, 4.69) is 10.3 Å². The topological polar surface area (TPSA) is 108 Å². The van der Waals surface area contributed by atoms with Crippen molar-refractivity contribution in [1.29, 1.82) is 0 Å². The van der Waals surface area contributed by atoms with E-state index < -0.39 is 12.1 Å². The average Bonchev–Trinajstić information content (AvgIpc) is 3.40. The summed E-state index contributed by atoms with van der Waals surface area (Å²) in [4.78, 5) is 46.2. The molecule has 9 nitrogen and oxygen atoms in total. The zero-order chi connectivity index (χ0) is 25.4. The average molecular weight is 528 g/mol. The minimum absolute atomic E-state index is 0.0345. The van der Waals surface area contributed by atoms with Crippen LogP contribution in [-0.2, 0) is 11.3 Å². The quantitative estimate of drug-likeness (QED) is 0.465. The van der Waals surface area contributed by atoms with Crippen LogP contribution in [0, 0.1) is 6.92 Å². The molecule has 2 N–H and O–H groups in total. The Morgan fingerprint density at radius 3 is 2.64 bits per heavy atom. The Labute approximate surface area is 217 Å². The Morgan fingerprint density at radius 1 is 1.19 bits per heavy atom. The number of carbonyl (C=O) groups is 3. The zero-order valence-corrected chi connectivity index (χ0v) is 21.3. The number of carbonyl (C=O) groups excluding carboxylic acids is 2. The van der Waals surface area contributed by atoms with Crippen molar-refractivity contribution in [3.05, 3.63) is 59.1 Å². The van der Waals surface area contributed by atoms with Crippen LogP contribution >= 0.6 is 23.4 Å². The van der Waals surface area contributed by atoms with Crippen molar-refractivity contribution in [1.82, 2.24) is 24.7 Å². The first kappa shape index (κ1) is 24.5. The van der Waals surface area contributed by atoms with Gasteiger partial charge in [-0.2, -0.15) is 0 Å². The number of fused-ring (bicyclic) bond motifs is 2. The van der Waals surface area contributed by atoms with Gasteiger partial charge in [-0.15, -0.1) is 11.8 Å². The summed E-state index contributed by atoms with van der Waals surface area (Å²) in [5.41, 5.74) is 0.885. The Kier molecular flexibility index (Phi) is 6.81. The first-order valence-electron chi connectivity index (χ1n) is 11.7. The highest BCUT2D eigenvalue weighted by molar-refractivity contribution is 7.99. The molecule has 11 heteroatoms. The molecule has 2 aromatic carbocycles.